The molecule has 6 nitrogen and oxygen atoms in total. The number of halogens is 1. The molecule has 1 atom stereocenters. The van der Waals surface area contributed by atoms with Gasteiger partial charge in [-0.25, -0.2) is 9.18 Å². The van der Waals surface area contributed by atoms with Crippen LogP contribution < -0.4 is 15.0 Å². The van der Waals surface area contributed by atoms with E-state index in [1.165, 1.54) is 30.2 Å². The van der Waals surface area contributed by atoms with Crippen LogP contribution in [-0.4, -0.2) is 32.3 Å². The molecule has 0 radical (unpaired) electrons. The second-order valence-electron chi connectivity index (χ2n) is 5.28. The summed E-state index contributed by atoms with van der Waals surface area (Å²) < 4.78 is 23.3. The maximum absolute atomic E-state index is 13.1. The molecule has 1 N–H and O–H groups in total. The standard InChI is InChI=1S/C18H19FN2O4/c1-12(17(22)20-14-6-4-5-13(19)11-14)25-16-9-7-15(8-10-16)21(2)18(23)24-3/h4-12H,1-3H3,(H,20,22). The number of carbonyl (C=O) groups is 2. The van der Waals surface area contributed by atoms with Gasteiger partial charge >= 0.3 is 6.09 Å². The second kappa shape index (κ2) is 8.14. The molecule has 1 unspecified atom stereocenters. The molecular formula is C18H19FN2O4. The number of anilines is 2. The molecule has 0 heterocycles. The van der Waals surface area contributed by atoms with Crippen molar-refractivity contribution in [3.63, 3.8) is 0 Å². The Balaban J connectivity index is 1.96. The largest absolute Gasteiger partial charge is 0.481 e. The highest BCUT2D eigenvalue weighted by molar-refractivity contribution is 5.94. The summed E-state index contributed by atoms with van der Waals surface area (Å²) in [6.45, 7) is 1.59. The van der Waals surface area contributed by atoms with Crippen molar-refractivity contribution in [1.82, 2.24) is 0 Å². The van der Waals surface area contributed by atoms with E-state index >= 15 is 0 Å². The van der Waals surface area contributed by atoms with Crippen LogP contribution in [0.1, 0.15) is 6.92 Å². The first-order valence-electron chi connectivity index (χ1n) is 7.55. The van der Waals surface area contributed by atoms with Crippen LogP contribution in [0.3, 0.4) is 0 Å². The van der Waals surface area contributed by atoms with Gasteiger partial charge in [-0.05, 0) is 49.4 Å². The van der Waals surface area contributed by atoms with Gasteiger partial charge in [-0.2, -0.15) is 0 Å². The fourth-order valence-corrected chi connectivity index (χ4v) is 2.06. The molecule has 25 heavy (non-hydrogen) atoms. The molecule has 0 aliphatic carbocycles. The molecule has 0 aliphatic heterocycles. The highest BCUT2D eigenvalue weighted by Gasteiger charge is 2.16. The van der Waals surface area contributed by atoms with Crippen molar-refractivity contribution in [2.75, 3.05) is 24.4 Å². The molecule has 0 aliphatic rings. The van der Waals surface area contributed by atoms with Crippen molar-refractivity contribution in [3.05, 3.63) is 54.3 Å². The molecule has 0 fully saturated rings. The van der Waals surface area contributed by atoms with Gasteiger partial charge in [0.15, 0.2) is 6.10 Å². The third-order valence-electron chi connectivity index (χ3n) is 3.45. The zero-order valence-corrected chi connectivity index (χ0v) is 14.2. The number of hydrogen-bond donors (Lipinski definition) is 1. The molecule has 2 rings (SSSR count). The van der Waals surface area contributed by atoms with Gasteiger partial charge < -0.3 is 14.8 Å². The highest BCUT2D eigenvalue weighted by atomic mass is 19.1. The van der Waals surface area contributed by atoms with Crippen LogP contribution >= 0.6 is 0 Å². The van der Waals surface area contributed by atoms with Crippen LogP contribution in [0.2, 0.25) is 0 Å². The van der Waals surface area contributed by atoms with Crippen molar-refractivity contribution in [2.24, 2.45) is 0 Å². The molecule has 0 saturated carbocycles. The van der Waals surface area contributed by atoms with Crippen molar-refractivity contribution in [1.29, 1.82) is 0 Å². The Morgan fingerprint density at radius 2 is 1.84 bits per heavy atom. The SMILES string of the molecule is COC(=O)N(C)c1ccc(OC(C)C(=O)Nc2cccc(F)c2)cc1. The summed E-state index contributed by atoms with van der Waals surface area (Å²) >= 11 is 0. The third-order valence-corrected chi connectivity index (χ3v) is 3.45. The maximum Gasteiger partial charge on any atom is 0.413 e. The van der Waals surface area contributed by atoms with E-state index in [2.05, 4.69) is 10.1 Å². The van der Waals surface area contributed by atoms with Gasteiger partial charge in [-0.3, -0.25) is 9.69 Å². The average molecular weight is 346 g/mol. The van der Waals surface area contributed by atoms with Crippen LogP contribution in [-0.2, 0) is 9.53 Å². The van der Waals surface area contributed by atoms with Gasteiger partial charge in [0.25, 0.3) is 5.91 Å². The van der Waals surface area contributed by atoms with Crippen LogP contribution in [0.15, 0.2) is 48.5 Å². The maximum atomic E-state index is 13.1. The summed E-state index contributed by atoms with van der Waals surface area (Å²) in [4.78, 5) is 24.9. The second-order valence-corrected chi connectivity index (χ2v) is 5.28. The lowest BCUT2D eigenvalue weighted by atomic mass is 10.2. The Morgan fingerprint density at radius 3 is 2.44 bits per heavy atom. The van der Waals surface area contributed by atoms with Gasteiger partial charge in [-0.1, -0.05) is 6.07 Å². The summed E-state index contributed by atoms with van der Waals surface area (Å²) in [6, 6.07) is 12.2. The van der Waals surface area contributed by atoms with Crippen LogP contribution in [0, 0.1) is 5.82 Å². The monoisotopic (exact) mass is 346 g/mol. The molecule has 2 amide bonds. The van der Waals surface area contributed by atoms with E-state index in [1.54, 1.807) is 44.3 Å². The fraction of sp³-hybridized carbons (Fsp3) is 0.222. The Hall–Kier alpha value is -3.09. The first-order valence-corrected chi connectivity index (χ1v) is 7.55. The van der Waals surface area contributed by atoms with E-state index in [4.69, 9.17) is 4.74 Å². The molecule has 7 heteroatoms. The Morgan fingerprint density at radius 1 is 1.16 bits per heavy atom. The van der Waals surface area contributed by atoms with E-state index in [0.29, 0.717) is 17.1 Å². The predicted octanol–water partition coefficient (Wildman–Crippen LogP) is 3.43. The predicted molar refractivity (Wildman–Crippen MR) is 92.4 cm³/mol. The van der Waals surface area contributed by atoms with E-state index in [1.807, 2.05) is 0 Å². The summed E-state index contributed by atoms with van der Waals surface area (Å²) in [6.07, 6.45) is -1.27. The Bertz CT molecular complexity index is 749. The number of benzene rings is 2. The number of nitrogens with zero attached hydrogens (tertiary/aromatic N) is 1. The van der Waals surface area contributed by atoms with Crippen molar-refractivity contribution in [2.45, 2.75) is 13.0 Å². The normalized spacial score (nSPS) is 11.4. The smallest absolute Gasteiger partial charge is 0.413 e. The number of nitrogens with one attached hydrogen (secondary N) is 1. The minimum Gasteiger partial charge on any atom is -0.481 e. The van der Waals surface area contributed by atoms with E-state index in [-0.39, 0.29) is 0 Å². The molecular weight excluding hydrogens is 327 g/mol. The summed E-state index contributed by atoms with van der Waals surface area (Å²) in [5.41, 5.74) is 0.978. The number of hydrogen-bond acceptors (Lipinski definition) is 4. The first-order chi connectivity index (χ1) is 11.9. The summed E-state index contributed by atoms with van der Waals surface area (Å²) in [7, 11) is 2.88. The lowest BCUT2D eigenvalue weighted by Crippen LogP contribution is -2.30. The molecule has 0 saturated heterocycles. The molecule has 2 aromatic carbocycles. The minimum atomic E-state index is -0.785. The molecule has 0 spiro atoms. The van der Waals surface area contributed by atoms with Crippen molar-refractivity contribution in [3.8, 4) is 5.75 Å². The van der Waals surface area contributed by atoms with Gasteiger partial charge in [0, 0.05) is 18.4 Å². The number of ether oxygens (including phenoxy) is 2. The molecule has 2 aromatic rings. The molecule has 0 bridgehead atoms. The van der Waals surface area contributed by atoms with Crippen LogP contribution in [0.5, 0.6) is 5.75 Å². The van der Waals surface area contributed by atoms with Crippen molar-refractivity contribution >= 4 is 23.4 Å². The zero-order valence-electron chi connectivity index (χ0n) is 14.2. The van der Waals surface area contributed by atoms with E-state index in [9.17, 15) is 14.0 Å². The minimum absolute atomic E-state index is 0.357. The van der Waals surface area contributed by atoms with Gasteiger partial charge in [-0.15, -0.1) is 0 Å². The average Bonchev–Trinajstić information content (AvgIpc) is 2.61. The quantitative estimate of drug-likeness (QED) is 0.901. The Kier molecular flexibility index (Phi) is 5.94. The molecule has 132 valence electrons. The van der Waals surface area contributed by atoms with Crippen molar-refractivity contribution < 1.29 is 23.5 Å². The summed E-state index contributed by atoms with van der Waals surface area (Å²) in [5, 5.41) is 2.58. The van der Waals surface area contributed by atoms with Crippen LogP contribution in [0.25, 0.3) is 0 Å². The summed E-state index contributed by atoms with van der Waals surface area (Å²) in [5.74, 6) is -0.373. The number of rotatable bonds is 5. The number of amides is 2. The third kappa shape index (κ3) is 4.94. The molecule has 0 aromatic heterocycles. The highest BCUT2D eigenvalue weighted by Crippen LogP contribution is 2.20. The Labute approximate surface area is 145 Å². The topological polar surface area (TPSA) is 67.9 Å². The lowest BCUT2D eigenvalue weighted by molar-refractivity contribution is -0.122. The number of methoxy groups -OCH3 is 1. The zero-order chi connectivity index (χ0) is 18.4. The lowest BCUT2D eigenvalue weighted by Gasteiger charge is -2.17. The van der Waals surface area contributed by atoms with Gasteiger partial charge in [0.2, 0.25) is 0 Å². The van der Waals surface area contributed by atoms with Gasteiger partial charge in [0.05, 0.1) is 7.11 Å². The first kappa shape index (κ1) is 18.3. The van der Waals surface area contributed by atoms with E-state index in [0.717, 1.165) is 0 Å². The van der Waals surface area contributed by atoms with Crippen LogP contribution in [0.4, 0.5) is 20.6 Å². The van der Waals surface area contributed by atoms with E-state index < -0.39 is 23.9 Å². The van der Waals surface area contributed by atoms with Gasteiger partial charge in [0.1, 0.15) is 11.6 Å². The fourth-order valence-electron chi connectivity index (χ4n) is 2.06. The number of carbonyl (C=O) groups excluding carboxylic acids is 2.